The molecule has 8 nitrogen and oxygen atoms in total. The monoisotopic (exact) mass is 424 g/mol. The summed E-state index contributed by atoms with van der Waals surface area (Å²) >= 11 is 0. The number of nitrogens with one attached hydrogen (secondary N) is 1. The molecule has 0 aromatic heterocycles. The fourth-order valence-electron chi connectivity index (χ4n) is 4.32. The molecule has 3 N–H and O–H groups in total. The molecule has 2 atom stereocenters. The molecule has 0 radical (unpaired) electrons. The van der Waals surface area contributed by atoms with Gasteiger partial charge in [0.1, 0.15) is 12.6 Å². The van der Waals surface area contributed by atoms with Crippen LogP contribution in [-0.4, -0.2) is 64.9 Å². The van der Waals surface area contributed by atoms with Crippen molar-refractivity contribution in [1.29, 1.82) is 0 Å². The van der Waals surface area contributed by atoms with E-state index in [1.165, 1.54) is 4.90 Å². The maximum atomic E-state index is 12.6. The lowest BCUT2D eigenvalue weighted by molar-refractivity contribution is -0.142. The number of hydrogen-bond acceptors (Lipinski definition) is 5. The molecule has 0 spiro atoms. The van der Waals surface area contributed by atoms with E-state index in [2.05, 4.69) is 5.32 Å². The first-order chi connectivity index (χ1) is 14.9. The lowest BCUT2D eigenvalue weighted by atomic mass is 9.98. The molecule has 2 aromatic rings. The van der Waals surface area contributed by atoms with Crippen LogP contribution in [0.1, 0.15) is 29.9 Å². The quantitative estimate of drug-likeness (QED) is 0.653. The number of nitrogens with zero attached hydrogens (tertiary/aromatic N) is 1. The third kappa shape index (κ3) is 4.39. The molecule has 4 rings (SSSR count). The van der Waals surface area contributed by atoms with Crippen LogP contribution in [0.15, 0.2) is 48.5 Å². The Morgan fingerprint density at radius 3 is 2.23 bits per heavy atom. The number of carboxylic acid groups (broad SMARTS) is 1. The number of aliphatic hydroxyl groups is 1. The predicted molar refractivity (Wildman–Crippen MR) is 111 cm³/mol. The van der Waals surface area contributed by atoms with Crippen molar-refractivity contribution in [1.82, 2.24) is 10.2 Å². The van der Waals surface area contributed by atoms with Gasteiger partial charge in [0, 0.05) is 19.0 Å². The lowest BCUT2D eigenvalue weighted by Crippen LogP contribution is -2.49. The van der Waals surface area contributed by atoms with Gasteiger partial charge in [0.2, 0.25) is 5.91 Å². The van der Waals surface area contributed by atoms with Crippen molar-refractivity contribution in [2.24, 2.45) is 0 Å². The van der Waals surface area contributed by atoms with E-state index in [0.29, 0.717) is 13.0 Å². The van der Waals surface area contributed by atoms with Gasteiger partial charge in [-0.1, -0.05) is 48.5 Å². The van der Waals surface area contributed by atoms with Crippen molar-refractivity contribution in [3.8, 4) is 11.1 Å². The first-order valence-electron chi connectivity index (χ1n) is 10.2. The van der Waals surface area contributed by atoms with Crippen LogP contribution in [-0.2, 0) is 14.3 Å². The number of carbonyl (C=O) groups excluding carboxylic acids is 2. The van der Waals surface area contributed by atoms with Gasteiger partial charge in [-0.25, -0.2) is 4.79 Å². The zero-order chi connectivity index (χ0) is 22.0. The van der Waals surface area contributed by atoms with Gasteiger partial charge < -0.3 is 25.2 Å². The van der Waals surface area contributed by atoms with Crippen molar-refractivity contribution in [2.45, 2.75) is 30.9 Å². The fraction of sp³-hybridized carbons (Fsp3) is 0.348. The Balaban J connectivity index is 1.43. The van der Waals surface area contributed by atoms with E-state index < -0.39 is 36.5 Å². The minimum absolute atomic E-state index is 0.0657. The van der Waals surface area contributed by atoms with Gasteiger partial charge in [0.15, 0.2) is 0 Å². The smallest absolute Gasteiger partial charge is 0.407 e. The Morgan fingerprint density at radius 2 is 1.68 bits per heavy atom. The average Bonchev–Trinajstić information content (AvgIpc) is 3.32. The van der Waals surface area contributed by atoms with Crippen LogP contribution in [0.4, 0.5) is 4.79 Å². The summed E-state index contributed by atoms with van der Waals surface area (Å²) in [6.45, 7) is 0.514. The number of carboxylic acids is 1. The number of fused-ring (bicyclic) bond motifs is 3. The number of benzene rings is 2. The summed E-state index contributed by atoms with van der Waals surface area (Å²) in [6.07, 6.45) is -1.61. The Hall–Kier alpha value is -3.39. The van der Waals surface area contributed by atoms with E-state index in [9.17, 15) is 19.5 Å². The summed E-state index contributed by atoms with van der Waals surface area (Å²) in [7, 11) is 0. The Bertz CT molecular complexity index is 962. The maximum absolute atomic E-state index is 12.6. The fourth-order valence-corrected chi connectivity index (χ4v) is 4.32. The Kier molecular flexibility index (Phi) is 5.90. The third-order valence-corrected chi connectivity index (χ3v) is 5.79. The van der Waals surface area contributed by atoms with E-state index in [1.807, 2.05) is 48.5 Å². The predicted octanol–water partition coefficient (Wildman–Crippen LogP) is 1.96. The molecule has 1 heterocycles. The van der Waals surface area contributed by atoms with Crippen molar-refractivity contribution < 1.29 is 29.3 Å². The van der Waals surface area contributed by atoms with E-state index in [-0.39, 0.29) is 19.1 Å². The molecule has 2 amide bonds. The first-order valence-corrected chi connectivity index (χ1v) is 10.2. The number of aliphatic carboxylic acids is 1. The highest BCUT2D eigenvalue weighted by molar-refractivity contribution is 5.89. The van der Waals surface area contributed by atoms with Crippen LogP contribution in [0.2, 0.25) is 0 Å². The number of aliphatic hydroxyl groups excluding tert-OH is 1. The molecule has 2 aliphatic rings. The topological polar surface area (TPSA) is 116 Å². The summed E-state index contributed by atoms with van der Waals surface area (Å²) in [5.74, 6) is -1.88. The number of β-amino-alcohol motifs (C(OH)–C–C–N with tert-alkyl or cyclic N) is 1. The van der Waals surface area contributed by atoms with Gasteiger partial charge in [-0.15, -0.1) is 0 Å². The molecule has 162 valence electrons. The molecule has 8 heteroatoms. The minimum Gasteiger partial charge on any atom is -0.481 e. The standard InChI is InChI=1S/C23H24N2O6/c26-14-9-10-25(12-14)22(29)20(11-21(27)28)24-23(30)31-13-19-17-7-3-1-5-15(17)16-6-2-4-8-18(16)19/h1-8,14,19-20,26H,9-13H2,(H,24,30)(H,27,28)/t14-,20?/m1/s1. The lowest BCUT2D eigenvalue weighted by Gasteiger charge is -2.23. The average molecular weight is 424 g/mol. The number of amides is 2. The van der Waals surface area contributed by atoms with E-state index in [4.69, 9.17) is 9.84 Å². The maximum Gasteiger partial charge on any atom is 0.407 e. The van der Waals surface area contributed by atoms with Crippen LogP contribution in [0.5, 0.6) is 0 Å². The molecule has 1 fully saturated rings. The Labute approximate surface area is 179 Å². The van der Waals surface area contributed by atoms with Crippen molar-refractivity contribution in [3.63, 3.8) is 0 Å². The van der Waals surface area contributed by atoms with Gasteiger partial charge in [0.25, 0.3) is 0 Å². The number of rotatable bonds is 6. The molecular weight excluding hydrogens is 400 g/mol. The number of alkyl carbamates (subject to hydrolysis) is 1. The van der Waals surface area contributed by atoms with Gasteiger partial charge >= 0.3 is 12.1 Å². The highest BCUT2D eigenvalue weighted by atomic mass is 16.5. The second-order valence-electron chi connectivity index (χ2n) is 7.85. The molecule has 31 heavy (non-hydrogen) atoms. The van der Waals surface area contributed by atoms with Crippen LogP contribution < -0.4 is 5.32 Å². The van der Waals surface area contributed by atoms with Crippen LogP contribution >= 0.6 is 0 Å². The van der Waals surface area contributed by atoms with Gasteiger partial charge in [-0.2, -0.15) is 0 Å². The molecule has 0 saturated carbocycles. The summed E-state index contributed by atoms with van der Waals surface area (Å²) < 4.78 is 5.42. The molecule has 1 saturated heterocycles. The second kappa shape index (κ2) is 8.77. The molecule has 1 aliphatic carbocycles. The van der Waals surface area contributed by atoms with Gasteiger partial charge in [-0.05, 0) is 28.7 Å². The van der Waals surface area contributed by atoms with E-state index >= 15 is 0 Å². The van der Waals surface area contributed by atoms with Crippen molar-refractivity contribution >= 4 is 18.0 Å². The second-order valence-corrected chi connectivity index (χ2v) is 7.85. The number of hydrogen-bond donors (Lipinski definition) is 3. The molecular formula is C23H24N2O6. The normalized spacial score (nSPS) is 18.2. The summed E-state index contributed by atoms with van der Waals surface area (Å²) in [6, 6.07) is 14.6. The van der Waals surface area contributed by atoms with Crippen LogP contribution in [0.25, 0.3) is 11.1 Å². The minimum atomic E-state index is -1.25. The number of carbonyl (C=O) groups is 3. The SMILES string of the molecule is O=C(O)CC(NC(=O)OCC1c2ccccc2-c2ccccc21)C(=O)N1CC[C@@H](O)C1. The first kappa shape index (κ1) is 20.9. The molecule has 1 unspecified atom stereocenters. The van der Waals surface area contributed by atoms with Crippen LogP contribution in [0, 0.1) is 0 Å². The summed E-state index contributed by atoms with van der Waals surface area (Å²) in [5.41, 5.74) is 4.30. The van der Waals surface area contributed by atoms with E-state index in [0.717, 1.165) is 22.3 Å². The molecule has 0 bridgehead atoms. The zero-order valence-corrected chi connectivity index (χ0v) is 16.9. The highest BCUT2D eigenvalue weighted by Crippen LogP contribution is 2.44. The number of ether oxygens (including phenoxy) is 1. The molecule has 2 aromatic carbocycles. The molecule has 1 aliphatic heterocycles. The van der Waals surface area contributed by atoms with Crippen molar-refractivity contribution in [2.75, 3.05) is 19.7 Å². The van der Waals surface area contributed by atoms with Crippen LogP contribution in [0.3, 0.4) is 0 Å². The highest BCUT2D eigenvalue weighted by Gasteiger charge is 2.33. The largest absolute Gasteiger partial charge is 0.481 e. The number of likely N-dealkylation sites (tertiary alicyclic amines) is 1. The van der Waals surface area contributed by atoms with E-state index in [1.54, 1.807) is 0 Å². The van der Waals surface area contributed by atoms with Crippen molar-refractivity contribution in [3.05, 3.63) is 59.7 Å². The Morgan fingerprint density at radius 1 is 1.06 bits per heavy atom. The summed E-state index contributed by atoms with van der Waals surface area (Å²) in [5, 5.41) is 21.2. The zero-order valence-electron chi connectivity index (χ0n) is 16.9. The van der Waals surface area contributed by atoms with Gasteiger partial charge in [0.05, 0.1) is 12.5 Å². The third-order valence-electron chi connectivity index (χ3n) is 5.79. The van der Waals surface area contributed by atoms with Gasteiger partial charge in [-0.3, -0.25) is 9.59 Å². The summed E-state index contributed by atoms with van der Waals surface area (Å²) in [4.78, 5) is 37.7.